The van der Waals surface area contributed by atoms with Crippen LogP contribution in [0.1, 0.15) is 54.4 Å². The molecule has 1 heterocycles. The van der Waals surface area contributed by atoms with Crippen LogP contribution in [0.3, 0.4) is 0 Å². The molecule has 116 valence electrons. The fraction of sp³-hybridized carbons (Fsp3) is 0.857. The van der Waals surface area contributed by atoms with Crippen molar-refractivity contribution in [3.8, 4) is 0 Å². The third-order valence-corrected chi connectivity index (χ3v) is 3.66. The fourth-order valence-electron chi connectivity index (χ4n) is 2.70. The number of carboxylic acids is 1. The van der Waals surface area contributed by atoms with Gasteiger partial charge >= 0.3 is 12.1 Å². The smallest absolute Gasteiger partial charge is 0.413 e. The molecule has 0 saturated carbocycles. The maximum atomic E-state index is 12.3. The van der Waals surface area contributed by atoms with Gasteiger partial charge in [0.05, 0.1) is 0 Å². The summed E-state index contributed by atoms with van der Waals surface area (Å²) < 4.78 is 5.26. The first kappa shape index (κ1) is 16.8. The van der Waals surface area contributed by atoms with E-state index >= 15 is 0 Å². The molecule has 0 bridgehead atoms. The van der Waals surface area contributed by atoms with Crippen LogP contribution in [-0.4, -0.2) is 44.5 Å². The number of amides is 1. The summed E-state index contributed by atoms with van der Waals surface area (Å²) in [6.07, 6.45) is -1.50. The highest BCUT2D eigenvalue weighted by Crippen LogP contribution is 2.46. The van der Waals surface area contributed by atoms with E-state index < -0.39 is 34.8 Å². The molecule has 1 fully saturated rings. The number of hydrogen-bond acceptors (Lipinski definition) is 4. The summed E-state index contributed by atoms with van der Waals surface area (Å²) in [7, 11) is 0. The maximum absolute atomic E-state index is 12.3. The predicted octanol–water partition coefficient (Wildman–Crippen LogP) is 2.21. The second-order valence-corrected chi connectivity index (χ2v) is 7.29. The number of aliphatic hydroxyl groups is 1. The Morgan fingerprint density at radius 1 is 1.20 bits per heavy atom. The molecule has 0 aromatic heterocycles. The minimum atomic E-state index is -1.46. The van der Waals surface area contributed by atoms with Gasteiger partial charge in [-0.05, 0) is 39.0 Å². The Kier molecular flexibility index (Phi) is 4.11. The highest BCUT2D eigenvalue weighted by atomic mass is 16.6. The third kappa shape index (κ3) is 2.75. The monoisotopic (exact) mass is 287 g/mol. The molecule has 1 unspecified atom stereocenters. The van der Waals surface area contributed by atoms with Gasteiger partial charge in [-0.2, -0.15) is 0 Å². The first-order chi connectivity index (χ1) is 8.83. The molecule has 0 aromatic carbocycles. The summed E-state index contributed by atoms with van der Waals surface area (Å²) in [5.74, 6) is -1.12. The third-order valence-electron chi connectivity index (χ3n) is 3.66. The van der Waals surface area contributed by atoms with Gasteiger partial charge in [-0.25, -0.2) is 9.59 Å². The van der Waals surface area contributed by atoms with E-state index in [2.05, 4.69) is 0 Å². The summed E-state index contributed by atoms with van der Waals surface area (Å²) in [6.45, 7) is 10.3. The van der Waals surface area contributed by atoms with Crippen LogP contribution in [0.5, 0.6) is 0 Å². The number of carbonyl (C=O) groups is 2. The lowest BCUT2D eigenvalue weighted by Gasteiger charge is -2.45. The summed E-state index contributed by atoms with van der Waals surface area (Å²) in [4.78, 5) is 25.1. The van der Waals surface area contributed by atoms with Crippen LogP contribution in [0.25, 0.3) is 0 Å². The lowest BCUT2D eigenvalue weighted by Crippen LogP contribution is -2.63. The van der Waals surface area contributed by atoms with Crippen molar-refractivity contribution in [3.05, 3.63) is 0 Å². The van der Waals surface area contributed by atoms with Gasteiger partial charge in [-0.15, -0.1) is 0 Å². The second kappa shape index (κ2) is 4.91. The van der Waals surface area contributed by atoms with Crippen molar-refractivity contribution in [2.75, 3.05) is 0 Å². The van der Waals surface area contributed by atoms with Crippen LogP contribution in [0.4, 0.5) is 4.79 Å². The lowest BCUT2D eigenvalue weighted by molar-refractivity contribution is -0.162. The van der Waals surface area contributed by atoms with Gasteiger partial charge in [0.15, 0.2) is 5.54 Å². The Bertz CT molecular complexity index is 407. The van der Waals surface area contributed by atoms with E-state index in [4.69, 9.17) is 4.74 Å². The number of nitrogens with zero attached hydrogens (tertiary/aromatic N) is 1. The molecule has 20 heavy (non-hydrogen) atoms. The molecule has 1 rings (SSSR count). The molecule has 6 nitrogen and oxygen atoms in total. The van der Waals surface area contributed by atoms with Crippen LogP contribution in [0, 0.1) is 5.41 Å². The standard InChI is InChI=1S/C14H25NO5/c1-12(2,3)14(10(17)18)8-7-9(16)15(14)11(19)20-13(4,5)6/h9,16H,7-8H2,1-6H3,(H,17,18)/t9?,14-/m0/s1. The molecule has 2 atom stereocenters. The van der Waals surface area contributed by atoms with Gasteiger partial charge in [-0.3, -0.25) is 4.90 Å². The molecule has 1 saturated heterocycles. The largest absolute Gasteiger partial charge is 0.479 e. The average molecular weight is 287 g/mol. The lowest BCUT2D eigenvalue weighted by atomic mass is 9.72. The van der Waals surface area contributed by atoms with Gasteiger partial charge < -0.3 is 14.9 Å². The van der Waals surface area contributed by atoms with E-state index in [0.29, 0.717) is 0 Å². The number of likely N-dealkylation sites (tertiary alicyclic amines) is 1. The predicted molar refractivity (Wildman–Crippen MR) is 73.1 cm³/mol. The quantitative estimate of drug-likeness (QED) is 0.772. The SMILES string of the molecule is CC(C)(C)OC(=O)N1C(O)CC[C@]1(C(=O)O)C(C)(C)C. The molecular formula is C14H25NO5. The summed E-state index contributed by atoms with van der Waals surface area (Å²) in [6, 6.07) is 0. The Morgan fingerprint density at radius 2 is 1.70 bits per heavy atom. The van der Waals surface area contributed by atoms with Crippen LogP contribution < -0.4 is 0 Å². The minimum Gasteiger partial charge on any atom is -0.479 e. The van der Waals surface area contributed by atoms with Gasteiger partial charge in [-0.1, -0.05) is 20.8 Å². The highest BCUT2D eigenvalue weighted by Gasteiger charge is 2.61. The summed E-state index contributed by atoms with van der Waals surface area (Å²) in [5.41, 5.74) is -2.94. The number of rotatable bonds is 1. The average Bonchev–Trinajstić information content (AvgIpc) is 2.53. The highest BCUT2D eigenvalue weighted by molar-refractivity contribution is 5.86. The number of carboxylic acid groups (broad SMARTS) is 1. The second-order valence-electron chi connectivity index (χ2n) is 7.29. The van der Waals surface area contributed by atoms with E-state index in [0.717, 1.165) is 4.90 Å². The van der Waals surface area contributed by atoms with Crippen LogP contribution >= 0.6 is 0 Å². The van der Waals surface area contributed by atoms with E-state index in [9.17, 15) is 19.8 Å². The number of aliphatic carboxylic acids is 1. The molecule has 1 aliphatic rings. The van der Waals surface area contributed by atoms with Crippen molar-refractivity contribution in [3.63, 3.8) is 0 Å². The van der Waals surface area contributed by atoms with E-state index in [1.165, 1.54) is 0 Å². The number of ether oxygens (including phenoxy) is 1. The minimum absolute atomic E-state index is 0.201. The van der Waals surface area contributed by atoms with E-state index in [1.54, 1.807) is 41.5 Å². The molecule has 1 amide bonds. The van der Waals surface area contributed by atoms with Crippen molar-refractivity contribution in [1.82, 2.24) is 4.90 Å². The summed E-state index contributed by atoms with van der Waals surface area (Å²) >= 11 is 0. The molecule has 0 aromatic rings. The van der Waals surface area contributed by atoms with Gasteiger partial charge in [0.2, 0.25) is 0 Å². The Hall–Kier alpha value is -1.30. The van der Waals surface area contributed by atoms with Crippen molar-refractivity contribution in [1.29, 1.82) is 0 Å². The normalized spacial score (nSPS) is 27.6. The van der Waals surface area contributed by atoms with E-state index in [-0.39, 0.29) is 12.8 Å². The first-order valence-electron chi connectivity index (χ1n) is 6.77. The van der Waals surface area contributed by atoms with Crippen molar-refractivity contribution >= 4 is 12.1 Å². The Balaban J connectivity index is 3.25. The van der Waals surface area contributed by atoms with Gasteiger partial charge in [0.1, 0.15) is 11.8 Å². The zero-order chi connectivity index (χ0) is 15.9. The molecule has 2 N–H and O–H groups in total. The molecule has 0 radical (unpaired) electrons. The molecular weight excluding hydrogens is 262 g/mol. The van der Waals surface area contributed by atoms with Gasteiger partial charge in [0.25, 0.3) is 0 Å². The molecule has 6 heteroatoms. The Morgan fingerprint density at radius 3 is 2.05 bits per heavy atom. The van der Waals surface area contributed by atoms with Crippen LogP contribution in [0.15, 0.2) is 0 Å². The van der Waals surface area contributed by atoms with Crippen molar-refractivity contribution in [2.45, 2.75) is 71.8 Å². The maximum Gasteiger partial charge on any atom is 0.413 e. The molecule has 0 aliphatic carbocycles. The molecule has 0 spiro atoms. The number of aliphatic hydroxyl groups excluding tert-OH is 1. The molecule has 1 aliphatic heterocycles. The number of hydrogen-bond donors (Lipinski definition) is 2. The Labute approximate surface area is 119 Å². The number of carbonyl (C=O) groups excluding carboxylic acids is 1. The van der Waals surface area contributed by atoms with Crippen LogP contribution in [0.2, 0.25) is 0 Å². The zero-order valence-electron chi connectivity index (χ0n) is 13.1. The van der Waals surface area contributed by atoms with E-state index in [1.807, 2.05) is 0 Å². The zero-order valence-corrected chi connectivity index (χ0v) is 13.1. The topological polar surface area (TPSA) is 87.1 Å². The van der Waals surface area contributed by atoms with Gasteiger partial charge in [0, 0.05) is 0 Å². The summed E-state index contributed by atoms with van der Waals surface area (Å²) in [5, 5.41) is 19.7. The fourth-order valence-corrected chi connectivity index (χ4v) is 2.70. The first-order valence-corrected chi connectivity index (χ1v) is 6.77. The van der Waals surface area contributed by atoms with Crippen LogP contribution in [-0.2, 0) is 9.53 Å². The van der Waals surface area contributed by atoms with Crippen molar-refractivity contribution < 1.29 is 24.5 Å². The van der Waals surface area contributed by atoms with Crippen molar-refractivity contribution in [2.24, 2.45) is 5.41 Å².